The maximum absolute atomic E-state index is 11.4. The third-order valence-electron chi connectivity index (χ3n) is 2.21. The first kappa shape index (κ1) is 11.2. The molecule has 76 valence electrons. The molecular weight excluding hydrogens is 244 g/mol. The van der Waals surface area contributed by atoms with Gasteiger partial charge in [0.1, 0.15) is 5.75 Å². The van der Waals surface area contributed by atoms with E-state index in [2.05, 4.69) is 15.9 Å². The lowest BCUT2D eigenvalue weighted by molar-refractivity contribution is 0.101. The van der Waals surface area contributed by atoms with Crippen molar-refractivity contribution in [3.63, 3.8) is 0 Å². The fourth-order valence-corrected chi connectivity index (χ4v) is 2.58. The van der Waals surface area contributed by atoms with Gasteiger partial charge in [0.05, 0.1) is 7.11 Å². The second-order valence-corrected chi connectivity index (χ2v) is 4.12. The number of carbonyl (C=O) groups excluding carboxylic acids is 1. The van der Waals surface area contributed by atoms with Gasteiger partial charge >= 0.3 is 0 Å². The van der Waals surface area contributed by atoms with E-state index in [0.29, 0.717) is 5.56 Å². The van der Waals surface area contributed by atoms with E-state index < -0.39 is 0 Å². The lowest BCUT2D eigenvalue weighted by Crippen LogP contribution is -2.02. The molecule has 0 saturated heterocycles. The summed E-state index contributed by atoms with van der Waals surface area (Å²) in [5.74, 6) is 0.839. The quantitative estimate of drug-likeness (QED) is 0.760. The maximum Gasteiger partial charge on any atom is 0.161 e. The summed E-state index contributed by atoms with van der Waals surface area (Å²) in [5.41, 5.74) is 2.63. The van der Waals surface area contributed by atoms with E-state index in [1.807, 2.05) is 19.9 Å². The molecule has 1 aromatic carbocycles. The van der Waals surface area contributed by atoms with Crippen molar-refractivity contribution in [1.29, 1.82) is 0 Å². The van der Waals surface area contributed by atoms with Crippen LogP contribution in [0.15, 0.2) is 10.5 Å². The summed E-state index contributed by atoms with van der Waals surface area (Å²) >= 11 is 3.39. The summed E-state index contributed by atoms with van der Waals surface area (Å²) < 4.78 is 6.08. The Morgan fingerprint density at radius 2 is 2.00 bits per heavy atom. The molecule has 2 nitrogen and oxygen atoms in total. The first-order valence-electron chi connectivity index (χ1n) is 4.33. The molecule has 0 spiro atoms. The Hall–Kier alpha value is -0.830. The number of ketones is 1. The first-order valence-corrected chi connectivity index (χ1v) is 5.13. The predicted molar refractivity (Wildman–Crippen MR) is 60.2 cm³/mol. The smallest absolute Gasteiger partial charge is 0.161 e. The summed E-state index contributed by atoms with van der Waals surface area (Å²) in [4.78, 5) is 11.4. The molecule has 0 aliphatic rings. The minimum absolute atomic E-state index is 0.0488. The van der Waals surface area contributed by atoms with Gasteiger partial charge in [0.2, 0.25) is 0 Å². The van der Waals surface area contributed by atoms with Crippen molar-refractivity contribution in [3.8, 4) is 5.75 Å². The molecule has 1 rings (SSSR count). The van der Waals surface area contributed by atoms with Crippen molar-refractivity contribution in [2.24, 2.45) is 0 Å². The number of hydrogen-bond acceptors (Lipinski definition) is 2. The number of Topliss-reactive ketones (excluding diaryl/α,β-unsaturated/α-hetero) is 1. The third-order valence-corrected chi connectivity index (χ3v) is 2.84. The lowest BCUT2D eigenvalue weighted by atomic mass is 10.0. The highest BCUT2D eigenvalue weighted by molar-refractivity contribution is 9.10. The number of methoxy groups -OCH3 is 1. The Balaban J connectivity index is 3.52. The molecule has 0 unspecified atom stereocenters. The molecule has 0 amide bonds. The van der Waals surface area contributed by atoms with Crippen LogP contribution in [0, 0.1) is 13.8 Å². The molecule has 0 atom stereocenters. The van der Waals surface area contributed by atoms with E-state index in [4.69, 9.17) is 4.74 Å². The zero-order valence-corrected chi connectivity index (χ0v) is 10.4. The highest BCUT2D eigenvalue weighted by Gasteiger charge is 2.15. The predicted octanol–water partition coefficient (Wildman–Crippen LogP) is 3.28. The first-order chi connectivity index (χ1) is 6.49. The molecule has 0 fully saturated rings. The number of carbonyl (C=O) groups is 1. The van der Waals surface area contributed by atoms with Crippen LogP contribution in [-0.4, -0.2) is 12.9 Å². The van der Waals surface area contributed by atoms with Gasteiger partial charge in [-0.3, -0.25) is 4.79 Å². The van der Waals surface area contributed by atoms with Crippen LogP contribution in [0.2, 0.25) is 0 Å². The monoisotopic (exact) mass is 256 g/mol. The number of halogens is 1. The molecule has 0 radical (unpaired) electrons. The highest BCUT2D eigenvalue weighted by Crippen LogP contribution is 2.32. The second-order valence-electron chi connectivity index (χ2n) is 3.26. The Labute approximate surface area is 92.4 Å². The van der Waals surface area contributed by atoms with Crippen LogP contribution in [0.4, 0.5) is 0 Å². The summed E-state index contributed by atoms with van der Waals surface area (Å²) in [5, 5.41) is 0. The van der Waals surface area contributed by atoms with E-state index in [1.54, 1.807) is 14.0 Å². The van der Waals surface area contributed by atoms with Gasteiger partial charge in [0.15, 0.2) is 5.78 Å². The third kappa shape index (κ3) is 1.82. The summed E-state index contributed by atoms with van der Waals surface area (Å²) in [6.07, 6.45) is 0. The van der Waals surface area contributed by atoms with Crippen molar-refractivity contribution >= 4 is 21.7 Å². The zero-order chi connectivity index (χ0) is 10.9. The highest BCUT2D eigenvalue weighted by atomic mass is 79.9. The molecule has 1 aromatic rings. The van der Waals surface area contributed by atoms with Crippen LogP contribution in [0.25, 0.3) is 0 Å². The molecule has 0 aliphatic carbocycles. The van der Waals surface area contributed by atoms with Crippen LogP contribution in [0.5, 0.6) is 5.75 Å². The number of aryl methyl sites for hydroxylation is 1. The van der Waals surface area contributed by atoms with Gasteiger partial charge < -0.3 is 4.74 Å². The van der Waals surface area contributed by atoms with Gasteiger partial charge in [0.25, 0.3) is 0 Å². The summed E-state index contributed by atoms with van der Waals surface area (Å²) in [7, 11) is 1.62. The summed E-state index contributed by atoms with van der Waals surface area (Å²) in [6, 6.07) is 1.91. The molecule has 0 saturated carbocycles. The minimum Gasteiger partial charge on any atom is -0.496 e. The Kier molecular flexibility index (Phi) is 3.32. The zero-order valence-electron chi connectivity index (χ0n) is 8.77. The van der Waals surface area contributed by atoms with Crippen LogP contribution >= 0.6 is 15.9 Å². The fraction of sp³-hybridized carbons (Fsp3) is 0.364. The molecule has 14 heavy (non-hydrogen) atoms. The van der Waals surface area contributed by atoms with Crippen molar-refractivity contribution in [2.75, 3.05) is 7.11 Å². The molecule has 0 aromatic heterocycles. The van der Waals surface area contributed by atoms with Crippen LogP contribution < -0.4 is 4.74 Å². The van der Waals surface area contributed by atoms with Crippen LogP contribution in [-0.2, 0) is 0 Å². The minimum atomic E-state index is 0.0488. The fourth-order valence-electron chi connectivity index (χ4n) is 1.66. The van der Waals surface area contributed by atoms with E-state index >= 15 is 0 Å². The Bertz CT molecular complexity index is 383. The molecular formula is C11H13BrO2. The number of ether oxygens (including phenoxy) is 1. The van der Waals surface area contributed by atoms with Gasteiger partial charge in [-0.25, -0.2) is 0 Å². The largest absolute Gasteiger partial charge is 0.496 e. The molecule has 0 N–H and O–H groups in total. The van der Waals surface area contributed by atoms with E-state index in [-0.39, 0.29) is 5.78 Å². The van der Waals surface area contributed by atoms with Crippen LogP contribution in [0.3, 0.4) is 0 Å². The summed E-state index contributed by atoms with van der Waals surface area (Å²) in [6.45, 7) is 5.41. The van der Waals surface area contributed by atoms with E-state index in [1.165, 1.54) is 0 Å². The topological polar surface area (TPSA) is 26.3 Å². The van der Waals surface area contributed by atoms with Gasteiger partial charge in [-0.2, -0.15) is 0 Å². The standard InChI is InChI=1S/C11H13BrO2/c1-6-5-9(12)10(8(3)13)7(2)11(6)14-4/h5H,1-4H3. The number of hydrogen-bond donors (Lipinski definition) is 0. The molecule has 0 heterocycles. The maximum atomic E-state index is 11.4. The number of benzene rings is 1. The second kappa shape index (κ2) is 4.13. The lowest BCUT2D eigenvalue weighted by Gasteiger charge is -2.13. The Morgan fingerprint density at radius 1 is 1.43 bits per heavy atom. The van der Waals surface area contributed by atoms with Gasteiger partial charge in [-0.05, 0) is 32.4 Å². The normalized spacial score (nSPS) is 10.1. The van der Waals surface area contributed by atoms with Gasteiger partial charge in [-0.1, -0.05) is 15.9 Å². The van der Waals surface area contributed by atoms with Crippen molar-refractivity contribution < 1.29 is 9.53 Å². The molecule has 0 aliphatic heterocycles. The van der Waals surface area contributed by atoms with Gasteiger partial charge in [-0.15, -0.1) is 0 Å². The van der Waals surface area contributed by atoms with Crippen LogP contribution in [0.1, 0.15) is 28.4 Å². The number of rotatable bonds is 2. The average molecular weight is 257 g/mol. The van der Waals surface area contributed by atoms with E-state index in [0.717, 1.165) is 21.3 Å². The van der Waals surface area contributed by atoms with Crippen molar-refractivity contribution in [1.82, 2.24) is 0 Å². The Morgan fingerprint density at radius 3 is 2.43 bits per heavy atom. The van der Waals surface area contributed by atoms with Gasteiger partial charge in [0, 0.05) is 15.6 Å². The van der Waals surface area contributed by atoms with Crippen molar-refractivity contribution in [3.05, 3.63) is 27.2 Å². The van der Waals surface area contributed by atoms with Crippen molar-refractivity contribution in [2.45, 2.75) is 20.8 Å². The molecule has 3 heteroatoms. The van der Waals surface area contributed by atoms with E-state index in [9.17, 15) is 4.79 Å². The molecule has 0 bridgehead atoms. The SMILES string of the molecule is COc1c(C)cc(Br)c(C(C)=O)c1C. The average Bonchev–Trinajstić information content (AvgIpc) is 2.02.